The molecule has 5 nitrogen and oxygen atoms in total. The molecule has 0 bridgehead atoms. The lowest BCUT2D eigenvalue weighted by Gasteiger charge is -2.46. The van der Waals surface area contributed by atoms with Crippen molar-refractivity contribution in [2.24, 2.45) is 0 Å². The summed E-state index contributed by atoms with van der Waals surface area (Å²) >= 11 is 0. The number of benzene rings is 8. The van der Waals surface area contributed by atoms with Crippen LogP contribution < -0.4 is 25.6 Å². The maximum absolute atomic E-state index is 19.4. The van der Waals surface area contributed by atoms with E-state index in [0.717, 1.165) is 77.2 Å². The lowest BCUT2D eigenvalue weighted by molar-refractivity contribution is 0.404. The summed E-state index contributed by atoms with van der Waals surface area (Å²) < 4.78 is 23.7. The fourth-order valence-corrected chi connectivity index (χ4v) is 16.2. The van der Waals surface area contributed by atoms with Crippen LogP contribution in [0.25, 0.3) is 54.9 Å². The molecule has 1 unspecified atom stereocenters. The minimum Gasteiger partial charge on any atom is -0.310 e. The molecule has 0 aliphatic carbocycles. The highest BCUT2D eigenvalue weighted by atomic mass is 28.3. The van der Waals surface area contributed by atoms with E-state index in [4.69, 9.17) is 9.97 Å². The quantitative estimate of drug-likeness (QED) is 0.124. The second-order valence-corrected chi connectivity index (χ2v) is 20.3. The Morgan fingerprint density at radius 1 is 0.500 bits per heavy atom. The lowest BCUT2D eigenvalue weighted by atomic mass is 9.95. The van der Waals surface area contributed by atoms with E-state index in [2.05, 4.69) is 190 Å². The van der Waals surface area contributed by atoms with Crippen LogP contribution in [0.3, 0.4) is 0 Å². The Balaban J connectivity index is 1.25. The number of hydrogen-bond donors (Lipinski definition) is 0. The Hall–Kier alpha value is -8.13. The Morgan fingerprint density at radius 3 is 1.91 bits per heavy atom. The van der Waals surface area contributed by atoms with Gasteiger partial charge in [0.1, 0.15) is 11.5 Å². The first-order valence-corrected chi connectivity index (χ1v) is 23.7. The van der Waals surface area contributed by atoms with Crippen LogP contribution in [0.1, 0.15) is 17.3 Å². The van der Waals surface area contributed by atoms with Crippen LogP contribution in [0.5, 0.6) is 0 Å². The van der Waals surface area contributed by atoms with Crippen LogP contribution >= 0.6 is 0 Å². The van der Waals surface area contributed by atoms with Gasteiger partial charge in [0.05, 0.1) is 22.2 Å². The summed E-state index contributed by atoms with van der Waals surface area (Å²) in [4.78, 5) is 12.2. The molecular weight excluding hydrogens is 802 g/mol. The first-order valence-electron chi connectivity index (χ1n) is 21.7. The molecule has 13 rings (SSSR count). The SMILES string of the molecule is FC(c1ccc2c3ccccc3n3ccnc3c2c1)c1cc2c(c3c1[Si](c1ccccc1)(c1ccccc1)c1ccccc1N3c1ccccc1)c1ccccc1n2-c1ccccn1. The minimum absolute atomic E-state index is 0.573. The van der Waals surface area contributed by atoms with E-state index < -0.39 is 14.2 Å². The zero-order valence-electron chi connectivity index (χ0n) is 34.6. The van der Waals surface area contributed by atoms with Crippen LogP contribution in [-0.2, 0) is 0 Å². The highest BCUT2D eigenvalue weighted by Crippen LogP contribution is 2.48. The van der Waals surface area contributed by atoms with E-state index >= 15 is 4.39 Å². The number of aromatic nitrogens is 4. The summed E-state index contributed by atoms with van der Waals surface area (Å²) in [5.74, 6) is 0.770. The van der Waals surface area contributed by atoms with Gasteiger partial charge < -0.3 is 4.90 Å². The fraction of sp³-hybridized carbons (Fsp3) is 0.0175. The highest BCUT2D eigenvalue weighted by Gasteiger charge is 2.52. The molecule has 0 N–H and O–H groups in total. The zero-order valence-corrected chi connectivity index (χ0v) is 35.6. The second kappa shape index (κ2) is 14.2. The number of alkyl halides is 1. The Bertz CT molecular complexity index is 3720. The van der Waals surface area contributed by atoms with Gasteiger partial charge in [0, 0.05) is 51.5 Å². The van der Waals surface area contributed by atoms with Crippen LogP contribution in [0.4, 0.5) is 21.5 Å². The van der Waals surface area contributed by atoms with Gasteiger partial charge in [0.25, 0.3) is 0 Å². The summed E-state index contributed by atoms with van der Waals surface area (Å²) in [5, 5.41) is 9.78. The lowest BCUT2D eigenvalue weighted by Crippen LogP contribution is -2.78. The number of pyridine rings is 2. The fourth-order valence-electron chi connectivity index (χ4n) is 10.8. The van der Waals surface area contributed by atoms with Crippen molar-refractivity contribution >= 4 is 95.0 Å². The zero-order chi connectivity index (χ0) is 42.4. The molecule has 0 saturated carbocycles. The van der Waals surface area contributed by atoms with Crippen LogP contribution in [-0.4, -0.2) is 27.0 Å². The average Bonchev–Trinajstić information content (AvgIpc) is 4.00. The van der Waals surface area contributed by atoms with E-state index in [0.29, 0.717) is 11.1 Å². The molecule has 0 radical (unpaired) electrons. The van der Waals surface area contributed by atoms with E-state index in [9.17, 15) is 0 Å². The molecule has 8 aromatic carbocycles. The molecule has 0 spiro atoms. The maximum Gasteiger partial charge on any atom is 0.184 e. The molecule has 1 aliphatic rings. The molecule has 1 atom stereocenters. The number of halogens is 1. The Morgan fingerprint density at radius 2 is 1.16 bits per heavy atom. The van der Waals surface area contributed by atoms with Crippen LogP contribution in [0.15, 0.2) is 225 Å². The van der Waals surface area contributed by atoms with E-state index in [-0.39, 0.29) is 0 Å². The topological polar surface area (TPSA) is 38.4 Å². The van der Waals surface area contributed by atoms with Gasteiger partial charge in [-0.3, -0.25) is 8.97 Å². The van der Waals surface area contributed by atoms with Crippen molar-refractivity contribution in [3.63, 3.8) is 0 Å². The van der Waals surface area contributed by atoms with Gasteiger partial charge in [-0.25, -0.2) is 14.4 Å². The predicted octanol–water partition coefficient (Wildman–Crippen LogP) is 11.4. The van der Waals surface area contributed by atoms with Crippen LogP contribution in [0.2, 0.25) is 0 Å². The number of fused-ring (bicyclic) bond motifs is 12. The van der Waals surface area contributed by atoms with Gasteiger partial charge >= 0.3 is 0 Å². The molecular formula is C57H38FN5Si. The van der Waals surface area contributed by atoms with Gasteiger partial charge in [-0.15, -0.1) is 0 Å². The Labute approximate surface area is 369 Å². The molecule has 302 valence electrons. The van der Waals surface area contributed by atoms with Crippen molar-refractivity contribution in [3.05, 3.63) is 236 Å². The van der Waals surface area contributed by atoms with Crippen molar-refractivity contribution in [2.75, 3.05) is 4.90 Å². The molecule has 4 aromatic heterocycles. The van der Waals surface area contributed by atoms with Gasteiger partial charge in [-0.05, 0) is 91.9 Å². The van der Waals surface area contributed by atoms with Gasteiger partial charge in [-0.1, -0.05) is 152 Å². The summed E-state index contributed by atoms with van der Waals surface area (Å²) in [6, 6.07) is 72.5. The number of hydrogen-bond acceptors (Lipinski definition) is 3. The smallest absolute Gasteiger partial charge is 0.184 e. The molecule has 0 amide bonds. The average molecular weight is 840 g/mol. The summed E-state index contributed by atoms with van der Waals surface area (Å²) in [7, 11) is -3.41. The first kappa shape index (κ1) is 36.5. The largest absolute Gasteiger partial charge is 0.310 e. The summed E-state index contributed by atoms with van der Waals surface area (Å²) in [6.45, 7) is 0. The summed E-state index contributed by atoms with van der Waals surface area (Å²) in [6.07, 6.45) is 4.11. The van der Waals surface area contributed by atoms with Gasteiger partial charge in [0.2, 0.25) is 0 Å². The monoisotopic (exact) mass is 839 g/mol. The third-order valence-corrected chi connectivity index (χ3v) is 18.3. The Kier molecular flexibility index (Phi) is 8.10. The van der Waals surface area contributed by atoms with Gasteiger partial charge in [-0.2, -0.15) is 0 Å². The van der Waals surface area contributed by atoms with Crippen molar-refractivity contribution in [3.8, 4) is 5.82 Å². The summed E-state index contributed by atoms with van der Waals surface area (Å²) in [5.41, 5.74) is 8.05. The molecule has 5 heterocycles. The molecule has 12 aromatic rings. The van der Waals surface area contributed by atoms with Crippen molar-refractivity contribution in [1.82, 2.24) is 18.9 Å². The molecule has 0 fully saturated rings. The third kappa shape index (κ3) is 5.10. The standard InChI is InChI=1S/C57H38FN5Si/c58-54(38-31-32-42-43-24-10-12-26-47(43)61-35-34-60-57(61)45(42)36-38)46-37-50-53(44-25-11-13-27-48(44)63(50)52-30-16-17-33-59-52)55-56(46)64(40-20-6-2-7-21-40,41-22-8-3-9-23-41)51-29-15-14-28-49(51)62(55)39-18-4-1-5-19-39/h1-37,54H. The second-order valence-electron chi connectivity index (χ2n) is 16.6. The molecule has 7 heteroatoms. The van der Waals surface area contributed by atoms with Crippen molar-refractivity contribution in [1.29, 1.82) is 0 Å². The van der Waals surface area contributed by atoms with E-state index in [1.54, 1.807) is 0 Å². The minimum atomic E-state index is -3.41. The normalized spacial score (nSPS) is 13.7. The molecule has 1 aliphatic heterocycles. The number of para-hydroxylation sites is 4. The predicted molar refractivity (Wildman–Crippen MR) is 264 cm³/mol. The third-order valence-electron chi connectivity index (χ3n) is 13.4. The van der Waals surface area contributed by atoms with E-state index in [1.807, 2.05) is 48.9 Å². The maximum atomic E-state index is 19.4. The first-order chi connectivity index (χ1) is 31.7. The number of anilines is 3. The number of imidazole rings is 1. The van der Waals surface area contributed by atoms with Crippen molar-refractivity contribution in [2.45, 2.75) is 6.17 Å². The molecule has 64 heavy (non-hydrogen) atoms. The van der Waals surface area contributed by atoms with Crippen molar-refractivity contribution < 1.29 is 4.39 Å². The van der Waals surface area contributed by atoms with Crippen LogP contribution in [0, 0.1) is 0 Å². The highest BCUT2D eigenvalue weighted by molar-refractivity contribution is 7.21. The van der Waals surface area contributed by atoms with E-state index in [1.165, 1.54) is 15.6 Å². The van der Waals surface area contributed by atoms with Gasteiger partial charge in [0.15, 0.2) is 14.2 Å². The molecule has 0 saturated heterocycles. The number of rotatable bonds is 6. The number of nitrogens with zero attached hydrogens (tertiary/aromatic N) is 5.